The summed E-state index contributed by atoms with van der Waals surface area (Å²) < 4.78 is 70.0. The van der Waals surface area contributed by atoms with E-state index in [1.807, 2.05) is 0 Å². The van der Waals surface area contributed by atoms with E-state index in [0.717, 1.165) is 12.1 Å². The summed E-state index contributed by atoms with van der Waals surface area (Å²) in [5, 5.41) is 3.36. The molecular formula is C35H34Cl2F3N3O4S. The second-order valence-electron chi connectivity index (χ2n) is 12.1. The summed E-state index contributed by atoms with van der Waals surface area (Å²) in [5.74, 6) is -1.36. The Labute approximate surface area is 288 Å². The summed E-state index contributed by atoms with van der Waals surface area (Å²) in [6.45, 7) is 4.20. The SMILES string of the molecule is CC(C)(C)NC(=O)C(Cc1ccccc1)N(Cc1ccc(Cl)c(Cl)c1)C(=O)CN(c1cccc(C(F)(F)F)c1)S(=O)(=O)c1ccccc1. The zero-order chi connectivity index (χ0) is 35.3. The van der Waals surface area contributed by atoms with Crippen molar-refractivity contribution in [2.45, 2.75) is 56.4 Å². The highest BCUT2D eigenvalue weighted by Gasteiger charge is 2.37. The molecule has 13 heteroatoms. The van der Waals surface area contributed by atoms with Gasteiger partial charge in [0.2, 0.25) is 11.8 Å². The number of rotatable bonds is 11. The summed E-state index contributed by atoms with van der Waals surface area (Å²) in [7, 11) is -4.58. The molecule has 4 rings (SSSR count). The molecule has 7 nitrogen and oxygen atoms in total. The molecule has 1 atom stereocenters. The standard InChI is InChI=1S/C35H34Cl2F3N3O4S/c1-34(2,3)41-33(45)31(20-24-11-6-4-7-12-24)42(22-25-17-18-29(36)30(37)19-25)32(44)23-43(48(46,47)28-15-8-5-9-16-28)27-14-10-13-26(21-27)35(38,39)40/h4-19,21,31H,20,22-23H2,1-3H3,(H,41,45). The molecule has 0 bridgehead atoms. The van der Waals surface area contributed by atoms with Crippen LogP contribution in [0.2, 0.25) is 10.0 Å². The van der Waals surface area contributed by atoms with Crippen LogP contribution in [0.15, 0.2) is 108 Å². The highest BCUT2D eigenvalue weighted by atomic mass is 35.5. The lowest BCUT2D eigenvalue weighted by atomic mass is 10.0. The Balaban J connectivity index is 1.86. The fraction of sp³-hybridized carbons (Fsp3) is 0.257. The Morgan fingerprint density at radius 3 is 2.00 bits per heavy atom. The number of alkyl halides is 3. The van der Waals surface area contributed by atoms with Crippen molar-refractivity contribution in [3.8, 4) is 0 Å². The molecule has 48 heavy (non-hydrogen) atoms. The van der Waals surface area contributed by atoms with E-state index in [2.05, 4.69) is 5.32 Å². The molecule has 0 fully saturated rings. The van der Waals surface area contributed by atoms with E-state index in [4.69, 9.17) is 23.2 Å². The predicted molar refractivity (Wildman–Crippen MR) is 181 cm³/mol. The summed E-state index contributed by atoms with van der Waals surface area (Å²) in [5.41, 5.74) is -0.985. The molecule has 4 aromatic rings. The minimum absolute atomic E-state index is 0.0464. The maximum absolute atomic E-state index is 14.5. The van der Waals surface area contributed by atoms with E-state index in [-0.39, 0.29) is 33.6 Å². The number of anilines is 1. The number of hydrogen-bond acceptors (Lipinski definition) is 4. The first-order chi connectivity index (χ1) is 22.5. The van der Waals surface area contributed by atoms with Crippen LogP contribution in [-0.4, -0.2) is 43.3 Å². The van der Waals surface area contributed by atoms with Crippen LogP contribution in [0.5, 0.6) is 0 Å². The van der Waals surface area contributed by atoms with E-state index in [1.54, 1.807) is 63.2 Å². The molecule has 0 saturated heterocycles. The van der Waals surface area contributed by atoms with Crippen LogP contribution in [0.1, 0.15) is 37.5 Å². The van der Waals surface area contributed by atoms with Crippen LogP contribution in [0.3, 0.4) is 0 Å². The molecule has 0 saturated carbocycles. The topological polar surface area (TPSA) is 86.8 Å². The Hall–Kier alpha value is -4.06. The third-order valence-corrected chi connectivity index (χ3v) is 9.70. The molecule has 0 radical (unpaired) electrons. The number of benzene rings is 4. The molecule has 1 unspecified atom stereocenters. The lowest BCUT2D eigenvalue weighted by Gasteiger charge is -2.35. The zero-order valence-corrected chi connectivity index (χ0v) is 28.7. The van der Waals surface area contributed by atoms with Gasteiger partial charge in [0, 0.05) is 18.5 Å². The van der Waals surface area contributed by atoms with Crippen LogP contribution >= 0.6 is 23.2 Å². The van der Waals surface area contributed by atoms with Gasteiger partial charge in [0.25, 0.3) is 10.0 Å². The molecular weight excluding hydrogens is 686 g/mol. The van der Waals surface area contributed by atoms with Gasteiger partial charge < -0.3 is 10.2 Å². The fourth-order valence-corrected chi connectivity index (χ4v) is 6.68. The summed E-state index contributed by atoms with van der Waals surface area (Å²) in [6, 6.07) is 23.2. The highest BCUT2D eigenvalue weighted by Crippen LogP contribution is 2.34. The molecule has 4 aromatic carbocycles. The molecule has 0 spiro atoms. The van der Waals surface area contributed by atoms with Crippen molar-refractivity contribution in [2.24, 2.45) is 0 Å². The molecule has 254 valence electrons. The van der Waals surface area contributed by atoms with Crippen molar-refractivity contribution in [2.75, 3.05) is 10.8 Å². The van der Waals surface area contributed by atoms with Crippen molar-refractivity contribution >= 4 is 50.7 Å². The van der Waals surface area contributed by atoms with Crippen molar-refractivity contribution in [3.63, 3.8) is 0 Å². The van der Waals surface area contributed by atoms with Crippen LogP contribution in [0, 0.1) is 0 Å². The monoisotopic (exact) mass is 719 g/mol. The number of carbonyl (C=O) groups is 2. The maximum atomic E-state index is 14.5. The van der Waals surface area contributed by atoms with Crippen molar-refractivity contribution in [1.82, 2.24) is 10.2 Å². The van der Waals surface area contributed by atoms with E-state index in [9.17, 15) is 31.2 Å². The average Bonchev–Trinajstić information content (AvgIpc) is 3.02. The lowest BCUT2D eigenvalue weighted by Crippen LogP contribution is -2.56. The molecule has 0 aliphatic rings. The van der Waals surface area contributed by atoms with Gasteiger partial charge >= 0.3 is 6.18 Å². The number of carbonyl (C=O) groups excluding carboxylic acids is 2. The lowest BCUT2D eigenvalue weighted by molar-refractivity contribution is -0.140. The summed E-state index contributed by atoms with van der Waals surface area (Å²) >= 11 is 12.4. The molecule has 2 amide bonds. The van der Waals surface area contributed by atoms with E-state index < -0.39 is 51.7 Å². The second-order valence-corrected chi connectivity index (χ2v) is 14.8. The van der Waals surface area contributed by atoms with Crippen LogP contribution < -0.4 is 9.62 Å². The van der Waals surface area contributed by atoms with Gasteiger partial charge in [0.15, 0.2) is 0 Å². The normalized spacial score (nSPS) is 12.7. The van der Waals surface area contributed by atoms with Gasteiger partial charge in [-0.1, -0.05) is 83.9 Å². The van der Waals surface area contributed by atoms with E-state index >= 15 is 0 Å². The molecule has 0 heterocycles. The van der Waals surface area contributed by atoms with Crippen molar-refractivity contribution < 1.29 is 31.2 Å². The smallest absolute Gasteiger partial charge is 0.350 e. The zero-order valence-electron chi connectivity index (χ0n) is 26.3. The van der Waals surface area contributed by atoms with Crippen molar-refractivity contribution in [1.29, 1.82) is 0 Å². The van der Waals surface area contributed by atoms with Gasteiger partial charge in [0.05, 0.1) is 26.2 Å². The Morgan fingerprint density at radius 1 is 0.792 bits per heavy atom. The van der Waals surface area contributed by atoms with Gasteiger partial charge in [-0.25, -0.2) is 8.42 Å². The molecule has 0 aliphatic heterocycles. The van der Waals surface area contributed by atoms with Gasteiger partial charge in [0.1, 0.15) is 12.6 Å². The summed E-state index contributed by atoms with van der Waals surface area (Å²) in [4.78, 5) is 29.4. The van der Waals surface area contributed by atoms with Gasteiger partial charge in [-0.05, 0) is 74.4 Å². The number of halogens is 5. The quantitative estimate of drug-likeness (QED) is 0.172. The third-order valence-electron chi connectivity index (χ3n) is 7.18. The van der Waals surface area contributed by atoms with Crippen molar-refractivity contribution in [3.05, 3.63) is 130 Å². The predicted octanol–water partition coefficient (Wildman–Crippen LogP) is 7.76. The first kappa shape index (κ1) is 36.8. The van der Waals surface area contributed by atoms with Gasteiger partial charge in [-0.2, -0.15) is 13.2 Å². The number of nitrogens with zero attached hydrogens (tertiary/aromatic N) is 2. The van der Waals surface area contributed by atoms with Crippen LogP contribution in [0.25, 0.3) is 0 Å². The van der Waals surface area contributed by atoms with E-state index in [0.29, 0.717) is 21.5 Å². The fourth-order valence-electron chi connectivity index (χ4n) is 4.93. The third kappa shape index (κ3) is 9.52. The first-order valence-electron chi connectivity index (χ1n) is 14.8. The second kappa shape index (κ2) is 15.0. The largest absolute Gasteiger partial charge is 0.416 e. The Bertz CT molecular complexity index is 1850. The molecule has 0 aromatic heterocycles. The maximum Gasteiger partial charge on any atom is 0.416 e. The number of nitrogens with one attached hydrogen (secondary N) is 1. The highest BCUT2D eigenvalue weighted by molar-refractivity contribution is 7.92. The summed E-state index contributed by atoms with van der Waals surface area (Å²) in [6.07, 6.45) is -4.74. The Morgan fingerprint density at radius 2 is 1.42 bits per heavy atom. The minimum atomic E-state index is -4.78. The first-order valence-corrected chi connectivity index (χ1v) is 17.0. The number of hydrogen-bond donors (Lipinski definition) is 1. The van der Waals surface area contributed by atoms with E-state index in [1.165, 1.54) is 47.4 Å². The molecule has 0 aliphatic carbocycles. The van der Waals surface area contributed by atoms with Gasteiger partial charge in [-0.3, -0.25) is 13.9 Å². The van der Waals surface area contributed by atoms with Crippen LogP contribution in [-0.2, 0) is 38.8 Å². The van der Waals surface area contributed by atoms with Crippen LogP contribution in [0.4, 0.5) is 18.9 Å². The minimum Gasteiger partial charge on any atom is -0.350 e. The number of sulfonamides is 1. The average molecular weight is 721 g/mol. The molecule has 1 N–H and O–H groups in total. The number of amides is 2. The Kier molecular flexibility index (Phi) is 11.5. The van der Waals surface area contributed by atoms with Gasteiger partial charge in [-0.15, -0.1) is 0 Å².